The Kier molecular flexibility index (Phi) is 2.10. The molecule has 19 heavy (non-hydrogen) atoms. The summed E-state index contributed by atoms with van der Waals surface area (Å²) in [5.74, 6) is 0. The molecule has 0 amide bonds. The maximum atomic E-state index is 4.68. The Labute approximate surface area is 111 Å². The number of nitrogens with zero attached hydrogens (tertiary/aromatic N) is 1. The summed E-state index contributed by atoms with van der Waals surface area (Å²) in [4.78, 5) is 4.68. The van der Waals surface area contributed by atoms with E-state index in [4.69, 9.17) is 0 Å². The van der Waals surface area contributed by atoms with Crippen molar-refractivity contribution in [2.75, 3.05) is 0 Å². The van der Waals surface area contributed by atoms with E-state index >= 15 is 0 Å². The Morgan fingerprint density at radius 2 is 1.58 bits per heavy atom. The van der Waals surface area contributed by atoms with E-state index in [-0.39, 0.29) is 0 Å². The van der Waals surface area contributed by atoms with Gasteiger partial charge in [0.05, 0.1) is 5.52 Å². The molecule has 0 fully saturated rings. The number of hydrogen-bond acceptors (Lipinski definition) is 1. The molecule has 0 N–H and O–H groups in total. The second-order valence-electron chi connectivity index (χ2n) is 5.03. The Bertz CT molecular complexity index is 922. The molecular weight excluding hydrogens is 230 g/mol. The van der Waals surface area contributed by atoms with Gasteiger partial charge in [0.15, 0.2) is 0 Å². The van der Waals surface area contributed by atoms with Crippen molar-refractivity contribution in [3.05, 3.63) is 66.4 Å². The molecule has 0 saturated heterocycles. The quantitative estimate of drug-likeness (QED) is 0.402. The molecular formula is C18H13N. The van der Waals surface area contributed by atoms with E-state index in [1.54, 1.807) is 0 Å². The van der Waals surface area contributed by atoms with Crippen molar-refractivity contribution in [1.82, 2.24) is 4.98 Å². The Hall–Kier alpha value is -2.41. The third kappa shape index (κ3) is 1.52. The summed E-state index contributed by atoms with van der Waals surface area (Å²) >= 11 is 0. The largest absolute Gasteiger partial charge is 0.255 e. The minimum atomic E-state index is 1.09. The molecule has 0 aliphatic heterocycles. The fraction of sp³-hybridized carbons (Fsp3) is 0.0556. The molecule has 0 radical (unpaired) electrons. The number of aryl methyl sites for hydroxylation is 1. The highest BCUT2D eigenvalue weighted by Crippen LogP contribution is 2.29. The van der Waals surface area contributed by atoms with E-state index in [2.05, 4.69) is 66.5 Å². The minimum Gasteiger partial charge on any atom is -0.255 e. The lowest BCUT2D eigenvalue weighted by atomic mass is 10.0. The molecule has 0 spiro atoms. The summed E-state index contributed by atoms with van der Waals surface area (Å²) in [6, 6.07) is 19.3. The molecule has 4 rings (SSSR count). The highest BCUT2D eigenvalue weighted by Gasteiger charge is 2.05. The predicted molar refractivity (Wildman–Crippen MR) is 81.5 cm³/mol. The van der Waals surface area contributed by atoms with E-state index in [9.17, 15) is 0 Å². The van der Waals surface area contributed by atoms with Gasteiger partial charge in [0.1, 0.15) is 0 Å². The lowest BCUT2D eigenvalue weighted by Crippen LogP contribution is -1.85. The monoisotopic (exact) mass is 243 g/mol. The van der Waals surface area contributed by atoms with E-state index in [0.717, 1.165) is 5.52 Å². The van der Waals surface area contributed by atoms with Gasteiger partial charge in [-0.1, -0.05) is 54.1 Å². The van der Waals surface area contributed by atoms with Crippen molar-refractivity contribution in [3.8, 4) is 0 Å². The second kappa shape index (κ2) is 3.79. The molecule has 1 aromatic heterocycles. The van der Waals surface area contributed by atoms with Gasteiger partial charge < -0.3 is 0 Å². The van der Waals surface area contributed by atoms with Crippen molar-refractivity contribution < 1.29 is 0 Å². The first-order valence-corrected chi connectivity index (χ1v) is 6.50. The van der Waals surface area contributed by atoms with Crippen molar-refractivity contribution >= 4 is 32.4 Å². The fourth-order valence-corrected chi connectivity index (χ4v) is 2.78. The third-order valence-corrected chi connectivity index (χ3v) is 3.73. The number of aromatic nitrogens is 1. The average molecular weight is 243 g/mol. The van der Waals surface area contributed by atoms with Gasteiger partial charge >= 0.3 is 0 Å². The van der Waals surface area contributed by atoms with Crippen LogP contribution in [0.3, 0.4) is 0 Å². The first-order chi connectivity index (χ1) is 9.33. The zero-order chi connectivity index (χ0) is 12.8. The van der Waals surface area contributed by atoms with Gasteiger partial charge in [0, 0.05) is 22.4 Å². The van der Waals surface area contributed by atoms with Crippen LogP contribution in [0.15, 0.2) is 60.8 Å². The average Bonchev–Trinajstić information content (AvgIpc) is 2.46. The Morgan fingerprint density at radius 1 is 0.737 bits per heavy atom. The molecule has 0 saturated carbocycles. The summed E-state index contributed by atoms with van der Waals surface area (Å²) in [6.07, 6.45) is 1.98. The molecule has 0 aliphatic rings. The molecule has 1 nitrogen and oxygen atoms in total. The highest BCUT2D eigenvalue weighted by molar-refractivity contribution is 6.14. The molecule has 0 aliphatic carbocycles. The van der Waals surface area contributed by atoms with E-state index in [0.29, 0.717) is 0 Å². The zero-order valence-corrected chi connectivity index (χ0v) is 10.7. The van der Waals surface area contributed by atoms with Crippen LogP contribution in [0, 0.1) is 6.92 Å². The maximum absolute atomic E-state index is 4.68. The van der Waals surface area contributed by atoms with Crippen molar-refractivity contribution in [3.63, 3.8) is 0 Å². The first kappa shape index (κ1) is 10.5. The molecule has 0 unspecified atom stereocenters. The van der Waals surface area contributed by atoms with E-state index in [1.165, 1.54) is 32.5 Å². The molecule has 0 atom stereocenters. The third-order valence-electron chi connectivity index (χ3n) is 3.73. The fourth-order valence-electron chi connectivity index (χ4n) is 2.78. The van der Waals surface area contributed by atoms with E-state index < -0.39 is 0 Å². The SMILES string of the molecule is Cc1ccc2c(cnc3c4ccccc4ccc23)c1. The zero-order valence-electron chi connectivity index (χ0n) is 10.7. The Morgan fingerprint density at radius 3 is 2.53 bits per heavy atom. The van der Waals surface area contributed by atoms with Gasteiger partial charge in [0.2, 0.25) is 0 Å². The number of fused-ring (bicyclic) bond motifs is 5. The molecule has 1 heterocycles. The van der Waals surface area contributed by atoms with Crippen LogP contribution >= 0.6 is 0 Å². The number of benzene rings is 3. The number of rotatable bonds is 0. The van der Waals surface area contributed by atoms with E-state index in [1.807, 2.05) is 6.20 Å². The predicted octanol–water partition coefficient (Wildman–Crippen LogP) is 4.85. The van der Waals surface area contributed by atoms with Crippen LogP contribution < -0.4 is 0 Å². The molecule has 0 bridgehead atoms. The number of pyridine rings is 1. The summed E-state index contributed by atoms with van der Waals surface area (Å²) in [6.45, 7) is 2.12. The van der Waals surface area contributed by atoms with Crippen LogP contribution in [0.2, 0.25) is 0 Å². The lowest BCUT2D eigenvalue weighted by molar-refractivity contribution is 1.44. The van der Waals surface area contributed by atoms with Crippen LogP contribution in [0.25, 0.3) is 32.4 Å². The van der Waals surface area contributed by atoms with Gasteiger partial charge in [-0.2, -0.15) is 0 Å². The standard InChI is InChI=1S/C18H13N/c1-12-6-8-15-14(10-12)11-19-18-16-5-3-2-4-13(16)7-9-17(15)18/h2-11H,1H3. The summed E-state index contributed by atoms with van der Waals surface area (Å²) in [7, 11) is 0. The summed E-state index contributed by atoms with van der Waals surface area (Å²) < 4.78 is 0. The van der Waals surface area contributed by atoms with Gasteiger partial charge in [0.25, 0.3) is 0 Å². The van der Waals surface area contributed by atoms with Crippen molar-refractivity contribution in [1.29, 1.82) is 0 Å². The normalized spacial score (nSPS) is 11.4. The van der Waals surface area contributed by atoms with Gasteiger partial charge in [-0.25, -0.2) is 0 Å². The smallest absolute Gasteiger partial charge is 0.0786 e. The van der Waals surface area contributed by atoms with Crippen LogP contribution in [0.1, 0.15) is 5.56 Å². The van der Waals surface area contributed by atoms with Crippen molar-refractivity contribution in [2.24, 2.45) is 0 Å². The van der Waals surface area contributed by atoms with Crippen LogP contribution in [-0.4, -0.2) is 4.98 Å². The second-order valence-corrected chi connectivity index (χ2v) is 5.03. The molecule has 1 heteroatoms. The molecule has 3 aromatic carbocycles. The van der Waals surface area contributed by atoms with Gasteiger partial charge in [-0.3, -0.25) is 4.98 Å². The Balaban J connectivity index is 2.26. The van der Waals surface area contributed by atoms with Gasteiger partial charge in [-0.15, -0.1) is 0 Å². The van der Waals surface area contributed by atoms with Crippen LogP contribution in [0.4, 0.5) is 0 Å². The highest BCUT2D eigenvalue weighted by atomic mass is 14.7. The lowest BCUT2D eigenvalue weighted by Gasteiger charge is -2.07. The first-order valence-electron chi connectivity index (χ1n) is 6.50. The summed E-state index contributed by atoms with van der Waals surface area (Å²) in [5.41, 5.74) is 2.36. The summed E-state index contributed by atoms with van der Waals surface area (Å²) in [5, 5.41) is 6.19. The van der Waals surface area contributed by atoms with Crippen LogP contribution in [0.5, 0.6) is 0 Å². The van der Waals surface area contributed by atoms with Crippen molar-refractivity contribution in [2.45, 2.75) is 6.92 Å². The van der Waals surface area contributed by atoms with Crippen LogP contribution in [-0.2, 0) is 0 Å². The topological polar surface area (TPSA) is 12.9 Å². The molecule has 90 valence electrons. The maximum Gasteiger partial charge on any atom is 0.0786 e. The molecule has 4 aromatic rings. The number of hydrogen-bond donors (Lipinski definition) is 0. The van der Waals surface area contributed by atoms with Gasteiger partial charge in [-0.05, 0) is 23.8 Å². The minimum absolute atomic E-state index is 1.09.